The van der Waals surface area contributed by atoms with Gasteiger partial charge in [0.05, 0.1) is 16.8 Å². The van der Waals surface area contributed by atoms with Crippen molar-refractivity contribution in [1.82, 2.24) is 10.5 Å². The van der Waals surface area contributed by atoms with Crippen LogP contribution in [0.2, 0.25) is 0 Å². The highest BCUT2D eigenvalue weighted by Gasteiger charge is 2.27. The summed E-state index contributed by atoms with van der Waals surface area (Å²) in [6, 6.07) is 6.65. The molecule has 0 radical (unpaired) electrons. The van der Waals surface area contributed by atoms with Gasteiger partial charge in [-0.15, -0.1) is 0 Å². The molecule has 30 heavy (non-hydrogen) atoms. The van der Waals surface area contributed by atoms with Crippen molar-refractivity contribution in [2.45, 2.75) is 67.0 Å². The zero-order valence-electron chi connectivity index (χ0n) is 18.9. The Bertz CT molecular complexity index is 874. The Labute approximate surface area is 178 Å². The lowest BCUT2D eigenvalue weighted by Crippen LogP contribution is -2.47. The van der Waals surface area contributed by atoms with E-state index in [2.05, 4.69) is 31.2 Å². The van der Waals surface area contributed by atoms with E-state index in [9.17, 15) is 9.59 Å². The average molecular weight is 417 g/mol. The summed E-state index contributed by atoms with van der Waals surface area (Å²) >= 11 is 0. The second-order valence-corrected chi connectivity index (χ2v) is 9.36. The highest BCUT2D eigenvalue weighted by molar-refractivity contribution is 5.91. The van der Waals surface area contributed by atoms with Crippen molar-refractivity contribution in [3.8, 4) is 5.75 Å². The standard InChI is InChI=1S/C23H32N2O5/c1-15-19(16(2)30-25-15)12-28-18-10-8-9-17(11-18)21(27)29-13-20(26)24-23(6,7)14-22(3,4)5/h8-11H,12-14H2,1-7H3,(H,24,26). The molecule has 2 rings (SSSR count). The van der Waals surface area contributed by atoms with Gasteiger partial charge in [-0.1, -0.05) is 32.0 Å². The van der Waals surface area contributed by atoms with Gasteiger partial charge in [0, 0.05) is 5.54 Å². The third kappa shape index (κ3) is 7.21. The van der Waals surface area contributed by atoms with Crippen LogP contribution in [0.5, 0.6) is 5.75 Å². The van der Waals surface area contributed by atoms with Crippen molar-refractivity contribution in [3.05, 3.63) is 46.8 Å². The number of carbonyl (C=O) groups is 2. The Hall–Kier alpha value is -2.83. The number of hydrogen-bond acceptors (Lipinski definition) is 6. The van der Waals surface area contributed by atoms with E-state index in [4.69, 9.17) is 14.0 Å². The third-order valence-electron chi connectivity index (χ3n) is 4.42. The molecule has 0 spiro atoms. The van der Waals surface area contributed by atoms with E-state index in [1.807, 2.05) is 27.7 Å². The maximum Gasteiger partial charge on any atom is 0.338 e. The van der Waals surface area contributed by atoms with Gasteiger partial charge in [0.2, 0.25) is 0 Å². The molecule has 0 aliphatic carbocycles. The molecule has 1 aromatic carbocycles. The number of benzene rings is 1. The van der Waals surface area contributed by atoms with Crippen molar-refractivity contribution < 1.29 is 23.6 Å². The van der Waals surface area contributed by atoms with E-state index >= 15 is 0 Å². The van der Waals surface area contributed by atoms with Crippen LogP contribution in [0.15, 0.2) is 28.8 Å². The van der Waals surface area contributed by atoms with Gasteiger partial charge in [-0.05, 0) is 57.7 Å². The summed E-state index contributed by atoms with van der Waals surface area (Å²) in [4.78, 5) is 24.6. The van der Waals surface area contributed by atoms with Crippen LogP contribution < -0.4 is 10.1 Å². The van der Waals surface area contributed by atoms with Gasteiger partial charge in [0.1, 0.15) is 18.1 Å². The average Bonchev–Trinajstić information content (AvgIpc) is 2.93. The first kappa shape index (κ1) is 23.4. The second kappa shape index (κ2) is 9.32. The number of esters is 1. The number of aryl methyl sites for hydroxylation is 2. The summed E-state index contributed by atoms with van der Waals surface area (Å²) in [7, 11) is 0. The minimum absolute atomic E-state index is 0.0670. The normalized spacial score (nSPS) is 11.8. The summed E-state index contributed by atoms with van der Waals surface area (Å²) in [5, 5.41) is 6.81. The zero-order chi connectivity index (χ0) is 22.5. The number of nitrogens with one attached hydrogen (secondary N) is 1. The van der Waals surface area contributed by atoms with E-state index in [0.717, 1.165) is 17.7 Å². The molecule has 7 heteroatoms. The van der Waals surface area contributed by atoms with Gasteiger partial charge in [0.15, 0.2) is 6.61 Å². The molecule has 1 heterocycles. The lowest BCUT2D eigenvalue weighted by atomic mass is 9.82. The summed E-state index contributed by atoms with van der Waals surface area (Å²) in [6.07, 6.45) is 0.796. The fraction of sp³-hybridized carbons (Fsp3) is 0.522. The van der Waals surface area contributed by atoms with Crippen LogP contribution in [-0.4, -0.2) is 29.2 Å². The maximum atomic E-state index is 12.4. The van der Waals surface area contributed by atoms with Crippen LogP contribution in [0.4, 0.5) is 0 Å². The highest BCUT2D eigenvalue weighted by atomic mass is 16.5. The molecule has 0 aliphatic heterocycles. The molecule has 0 saturated heterocycles. The number of rotatable bonds is 8. The molecule has 1 amide bonds. The van der Waals surface area contributed by atoms with Crippen LogP contribution in [0.25, 0.3) is 0 Å². The Morgan fingerprint density at radius 1 is 1.13 bits per heavy atom. The topological polar surface area (TPSA) is 90.7 Å². The molecule has 2 aromatic rings. The van der Waals surface area contributed by atoms with Gasteiger partial charge in [-0.2, -0.15) is 0 Å². The summed E-state index contributed by atoms with van der Waals surface area (Å²) in [5.74, 6) is 0.300. The fourth-order valence-electron chi connectivity index (χ4n) is 3.57. The number of hydrogen-bond donors (Lipinski definition) is 1. The Kier molecular flexibility index (Phi) is 7.29. The molecule has 7 nitrogen and oxygen atoms in total. The van der Waals surface area contributed by atoms with Crippen molar-refractivity contribution in [2.75, 3.05) is 6.61 Å². The molecule has 1 N–H and O–H groups in total. The summed E-state index contributed by atoms with van der Waals surface area (Å²) < 4.78 is 16.1. The molecule has 164 valence electrons. The lowest BCUT2D eigenvalue weighted by Gasteiger charge is -2.33. The first-order chi connectivity index (χ1) is 13.9. The molecule has 1 aromatic heterocycles. The smallest absolute Gasteiger partial charge is 0.338 e. The van der Waals surface area contributed by atoms with E-state index in [1.165, 1.54) is 0 Å². The number of ether oxygens (including phenoxy) is 2. The monoisotopic (exact) mass is 416 g/mol. The molecular formula is C23H32N2O5. The second-order valence-electron chi connectivity index (χ2n) is 9.36. The lowest BCUT2D eigenvalue weighted by molar-refractivity contribution is -0.126. The van der Waals surface area contributed by atoms with E-state index < -0.39 is 11.5 Å². The Morgan fingerprint density at radius 3 is 2.43 bits per heavy atom. The molecule has 0 saturated carbocycles. The summed E-state index contributed by atoms with van der Waals surface area (Å²) in [6.45, 7) is 13.9. The van der Waals surface area contributed by atoms with Gasteiger partial charge in [-0.25, -0.2) is 4.79 Å². The number of amides is 1. The number of nitrogens with zero attached hydrogens (tertiary/aromatic N) is 1. The van der Waals surface area contributed by atoms with E-state index in [0.29, 0.717) is 17.1 Å². The minimum Gasteiger partial charge on any atom is -0.489 e. The first-order valence-corrected chi connectivity index (χ1v) is 9.99. The first-order valence-electron chi connectivity index (χ1n) is 9.99. The van der Waals surface area contributed by atoms with Crippen molar-refractivity contribution in [3.63, 3.8) is 0 Å². The zero-order valence-corrected chi connectivity index (χ0v) is 18.9. The Morgan fingerprint density at radius 2 is 1.83 bits per heavy atom. The molecule has 0 bridgehead atoms. The number of carbonyl (C=O) groups excluding carboxylic acids is 2. The van der Waals surface area contributed by atoms with E-state index in [-0.39, 0.29) is 24.5 Å². The quantitative estimate of drug-likeness (QED) is 0.643. The summed E-state index contributed by atoms with van der Waals surface area (Å²) in [5.41, 5.74) is 1.62. The van der Waals surface area contributed by atoms with Crippen molar-refractivity contribution in [2.24, 2.45) is 5.41 Å². The number of aromatic nitrogens is 1. The Balaban J connectivity index is 1.90. The third-order valence-corrected chi connectivity index (χ3v) is 4.42. The van der Waals surface area contributed by atoms with Crippen molar-refractivity contribution in [1.29, 1.82) is 0 Å². The van der Waals surface area contributed by atoms with Crippen molar-refractivity contribution >= 4 is 11.9 Å². The fourth-order valence-corrected chi connectivity index (χ4v) is 3.57. The SMILES string of the molecule is Cc1noc(C)c1COc1cccc(C(=O)OCC(=O)NC(C)(C)CC(C)(C)C)c1. The minimum atomic E-state index is -0.582. The highest BCUT2D eigenvalue weighted by Crippen LogP contribution is 2.26. The van der Waals surface area contributed by atoms with Crippen LogP contribution in [0, 0.1) is 19.3 Å². The molecule has 0 fully saturated rings. The largest absolute Gasteiger partial charge is 0.489 e. The maximum absolute atomic E-state index is 12.4. The van der Waals surface area contributed by atoms with Crippen LogP contribution in [-0.2, 0) is 16.1 Å². The molecule has 0 aliphatic rings. The van der Waals surface area contributed by atoms with Crippen LogP contribution >= 0.6 is 0 Å². The predicted molar refractivity (Wildman–Crippen MR) is 113 cm³/mol. The molecular weight excluding hydrogens is 384 g/mol. The molecule has 0 atom stereocenters. The van der Waals surface area contributed by atoms with Gasteiger partial charge < -0.3 is 19.3 Å². The van der Waals surface area contributed by atoms with Gasteiger partial charge in [-0.3, -0.25) is 4.79 Å². The van der Waals surface area contributed by atoms with Crippen LogP contribution in [0.3, 0.4) is 0 Å². The van der Waals surface area contributed by atoms with Crippen LogP contribution in [0.1, 0.15) is 68.4 Å². The van der Waals surface area contributed by atoms with Gasteiger partial charge in [0.25, 0.3) is 5.91 Å². The van der Waals surface area contributed by atoms with Gasteiger partial charge >= 0.3 is 5.97 Å². The van der Waals surface area contributed by atoms with E-state index in [1.54, 1.807) is 24.3 Å². The predicted octanol–water partition coefficient (Wildman–Crippen LogP) is 4.36. The molecule has 0 unspecified atom stereocenters.